The number of fused-ring (bicyclic) bond motifs is 1. The van der Waals surface area contributed by atoms with Crippen LogP contribution in [0.25, 0.3) is 16.6 Å². The lowest BCUT2D eigenvalue weighted by molar-refractivity contribution is -0.152. The molecule has 2 aromatic rings. The Hall–Kier alpha value is -2.81. The number of ether oxygens (including phenoxy) is 3. The highest BCUT2D eigenvalue weighted by atomic mass is 16.5. The summed E-state index contributed by atoms with van der Waals surface area (Å²) < 4.78 is 18.6. The van der Waals surface area contributed by atoms with Gasteiger partial charge in [0.05, 0.1) is 30.9 Å². The molecule has 2 heterocycles. The fourth-order valence-electron chi connectivity index (χ4n) is 4.77. The number of methoxy groups -OCH3 is 1. The maximum atomic E-state index is 12.7. The van der Waals surface area contributed by atoms with Crippen molar-refractivity contribution in [2.24, 2.45) is 5.92 Å². The molecule has 1 saturated carbocycles. The number of allylic oxidation sites excluding steroid dienone is 4. The number of aldehydes is 1. The van der Waals surface area contributed by atoms with E-state index >= 15 is 0 Å². The first-order valence-electron chi connectivity index (χ1n) is 12.8. The van der Waals surface area contributed by atoms with Gasteiger partial charge in [0.1, 0.15) is 24.3 Å². The number of nitrogens with zero attached hydrogens (tertiary/aromatic N) is 2. The number of carbonyl (C=O) groups is 2. The molecule has 0 radical (unpaired) electrons. The number of imidazole rings is 1. The first kappa shape index (κ1) is 26.3. The van der Waals surface area contributed by atoms with Crippen molar-refractivity contribution in [3.05, 3.63) is 47.3 Å². The molecule has 2 fully saturated rings. The molecule has 1 aromatic heterocycles. The van der Waals surface area contributed by atoms with Crippen LogP contribution in [-0.2, 0) is 36.9 Å². The quantitative estimate of drug-likeness (QED) is 0.207. The van der Waals surface area contributed by atoms with Crippen molar-refractivity contribution in [2.75, 3.05) is 26.9 Å². The zero-order valence-corrected chi connectivity index (χ0v) is 21.5. The summed E-state index contributed by atoms with van der Waals surface area (Å²) in [4.78, 5) is 28.9. The van der Waals surface area contributed by atoms with Crippen LogP contribution in [0.5, 0.6) is 0 Å². The first-order valence-corrected chi connectivity index (χ1v) is 12.8. The minimum Gasteiger partial charge on any atom is -0.461 e. The van der Waals surface area contributed by atoms with E-state index in [9.17, 15) is 9.59 Å². The Morgan fingerprint density at radius 1 is 1.31 bits per heavy atom. The van der Waals surface area contributed by atoms with E-state index in [1.54, 1.807) is 14.0 Å². The van der Waals surface area contributed by atoms with Gasteiger partial charge >= 0.3 is 5.97 Å². The molecule has 1 unspecified atom stereocenters. The summed E-state index contributed by atoms with van der Waals surface area (Å²) in [5.41, 5.74) is 4.48. The van der Waals surface area contributed by atoms with E-state index in [2.05, 4.69) is 28.1 Å². The number of rotatable bonds is 12. The molecule has 0 spiro atoms. The van der Waals surface area contributed by atoms with E-state index in [-0.39, 0.29) is 18.7 Å². The van der Waals surface area contributed by atoms with Crippen LogP contribution in [-0.4, -0.2) is 60.9 Å². The molecule has 1 N–H and O–H groups in total. The van der Waals surface area contributed by atoms with Crippen LogP contribution >= 0.6 is 0 Å². The van der Waals surface area contributed by atoms with E-state index in [1.807, 2.05) is 19.1 Å². The molecule has 1 aliphatic carbocycles. The molecule has 1 atom stereocenters. The summed E-state index contributed by atoms with van der Waals surface area (Å²) in [6.07, 6.45) is 8.84. The molecule has 1 aromatic carbocycles. The van der Waals surface area contributed by atoms with Crippen LogP contribution in [0.1, 0.15) is 50.9 Å². The number of hydrogen-bond donors (Lipinski definition) is 1. The van der Waals surface area contributed by atoms with E-state index in [4.69, 9.17) is 19.2 Å². The van der Waals surface area contributed by atoms with Crippen molar-refractivity contribution < 1.29 is 23.8 Å². The highest BCUT2D eigenvalue weighted by molar-refractivity contribution is 5.86. The van der Waals surface area contributed by atoms with Gasteiger partial charge in [0.15, 0.2) is 0 Å². The maximum absolute atomic E-state index is 12.7. The second-order valence-electron chi connectivity index (χ2n) is 9.75. The number of aromatic nitrogens is 2. The summed E-state index contributed by atoms with van der Waals surface area (Å²) in [5.74, 6) is 1.02. The fourth-order valence-corrected chi connectivity index (χ4v) is 4.77. The second-order valence-corrected chi connectivity index (χ2v) is 9.75. The third kappa shape index (κ3) is 6.30. The van der Waals surface area contributed by atoms with Gasteiger partial charge in [0.25, 0.3) is 0 Å². The molecule has 0 bridgehead atoms. The van der Waals surface area contributed by atoms with Gasteiger partial charge in [-0.05, 0) is 68.9 Å². The Kier molecular flexibility index (Phi) is 9.07. The van der Waals surface area contributed by atoms with Gasteiger partial charge in [-0.1, -0.05) is 12.1 Å². The normalized spacial score (nSPS) is 18.4. The lowest BCUT2D eigenvalue weighted by atomic mass is 10.1. The van der Waals surface area contributed by atoms with Crippen molar-refractivity contribution in [1.82, 2.24) is 14.9 Å². The van der Waals surface area contributed by atoms with E-state index < -0.39 is 6.04 Å². The Morgan fingerprint density at radius 3 is 2.72 bits per heavy atom. The van der Waals surface area contributed by atoms with Crippen LogP contribution < -0.4 is 5.32 Å². The van der Waals surface area contributed by atoms with Gasteiger partial charge in [-0.15, -0.1) is 0 Å². The SMILES string of the molecule is C/C=C(\C=C(\C)C=O)c1nc2cc(CNC(COC)C(=O)OC3CCCC3)ccc2n1CC1COC1. The van der Waals surface area contributed by atoms with Crippen molar-refractivity contribution >= 4 is 28.9 Å². The lowest BCUT2D eigenvalue weighted by Crippen LogP contribution is -2.42. The van der Waals surface area contributed by atoms with Crippen molar-refractivity contribution in [2.45, 2.75) is 64.8 Å². The standard InChI is InChI=1S/C28H37N3O5/c1-4-22(11-19(2)15-32)27-30-24-12-20(9-10-26(24)31(27)14-21-16-35-17-21)13-29-25(18-34-3)28(33)36-23-7-5-6-8-23/h4,9-12,15,21,23,25,29H,5-8,13-14,16-18H2,1-3H3/b19-11-,22-4+. The van der Waals surface area contributed by atoms with Gasteiger partial charge in [-0.2, -0.15) is 0 Å². The third-order valence-corrected chi connectivity index (χ3v) is 6.85. The Balaban J connectivity index is 1.55. The van der Waals surface area contributed by atoms with Gasteiger partial charge in [-0.25, -0.2) is 4.98 Å². The van der Waals surface area contributed by atoms with Crippen LogP contribution in [0.3, 0.4) is 0 Å². The molecule has 194 valence electrons. The molecule has 8 nitrogen and oxygen atoms in total. The van der Waals surface area contributed by atoms with E-state index in [0.29, 0.717) is 18.0 Å². The Bertz CT molecular complexity index is 1130. The van der Waals surface area contributed by atoms with Crippen LogP contribution in [0.2, 0.25) is 0 Å². The number of carbonyl (C=O) groups excluding carboxylic acids is 2. The summed E-state index contributed by atoms with van der Waals surface area (Å²) in [6, 6.07) is 5.66. The molecular weight excluding hydrogens is 458 g/mol. The average Bonchev–Trinajstić information content (AvgIpc) is 3.49. The minimum absolute atomic E-state index is 0.0242. The lowest BCUT2D eigenvalue weighted by Gasteiger charge is -2.27. The summed E-state index contributed by atoms with van der Waals surface area (Å²) in [6.45, 7) is 6.78. The van der Waals surface area contributed by atoms with Crippen molar-refractivity contribution in [3.8, 4) is 0 Å². The van der Waals surface area contributed by atoms with Crippen molar-refractivity contribution in [1.29, 1.82) is 0 Å². The Labute approximate surface area is 212 Å². The fraction of sp³-hybridized carbons (Fsp3) is 0.536. The monoisotopic (exact) mass is 495 g/mol. The second kappa shape index (κ2) is 12.4. The molecule has 4 rings (SSSR count). The number of hydrogen-bond acceptors (Lipinski definition) is 7. The average molecular weight is 496 g/mol. The van der Waals surface area contributed by atoms with Crippen LogP contribution in [0, 0.1) is 5.92 Å². The maximum Gasteiger partial charge on any atom is 0.325 e. The summed E-state index contributed by atoms with van der Waals surface area (Å²) in [7, 11) is 1.59. The Morgan fingerprint density at radius 2 is 2.08 bits per heavy atom. The summed E-state index contributed by atoms with van der Waals surface area (Å²) in [5, 5.41) is 3.30. The molecule has 1 aliphatic heterocycles. The van der Waals surface area contributed by atoms with Crippen molar-refractivity contribution in [3.63, 3.8) is 0 Å². The van der Waals surface area contributed by atoms with Gasteiger partial charge < -0.3 is 18.8 Å². The zero-order chi connectivity index (χ0) is 25.5. The molecule has 8 heteroatoms. The zero-order valence-electron chi connectivity index (χ0n) is 21.5. The highest BCUT2D eigenvalue weighted by Gasteiger charge is 2.26. The minimum atomic E-state index is -0.524. The third-order valence-electron chi connectivity index (χ3n) is 6.85. The summed E-state index contributed by atoms with van der Waals surface area (Å²) >= 11 is 0. The number of nitrogens with one attached hydrogen (secondary N) is 1. The predicted octanol–water partition coefficient (Wildman–Crippen LogP) is 3.82. The number of esters is 1. The van der Waals surface area contributed by atoms with Crippen LogP contribution in [0.15, 0.2) is 35.9 Å². The van der Waals surface area contributed by atoms with E-state index in [0.717, 1.165) is 79.7 Å². The smallest absolute Gasteiger partial charge is 0.325 e. The first-order chi connectivity index (χ1) is 17.5. The number of benzene rings is 1. The molecule has 36 heavy (non-hydrogen) atoms. The van der Waals surface area contributed by atoms with E-state index in [1.165, 1.54) is 0 Å². The van der Waals surface area contributed by atoms with Crippen LogP contribution in [0.4, 0.5) is 0 Å². The van der Waals surface area contributed by atoms with Gasteiger partial charge in [-0.3, -0.25) is 14.9 Å². The highest BCUT2D eigenvalue weighted by Crippen LogP contribution is 2.27. The molecule has 2 aliphatic rings. The van der Waals surface area contributed by atoms with Gasteiger partial charge in [0.2, 0.25) is 0 Å². The molecule has 1 saturated heterocycles. The molecular formula is C28H37N3O5. The topological polar surface area (TPSA) is 91.7 Å². The molecule has 0 amide bonds. The predicted molar refractivity (Wildman–Crippen MR) is 138 cm³/mol. The largest absolute Gasteiger partial charge is 0.461 e. The van der Waals surface area contributed by atoms with Gasteiger partial charge in [0, 0.05) is 31.7 Å².